The first kappa shape index (κ1) is 76.6. The highest BCUT2D eigenvalue weighted by molar-refractivity contribution is 7.22. The van der Waals surface area contributed by atoms with E-state index < -0.39 is 65.8 Å². The number of nitrogens with zero attached hydrogens (tertiary/aromatic N) is 9. The van der Waals surface area contributed by atoms with E-state index in [0.29, 0.717) is 73.6 Å². The van der Waals surface area contributed by atoms with Gasteiger partial charge >= 0.3 is 18.2 Å². The average molecular weight is 1470 g/mol. The Morgan fingerprint density at radius 2 is 1.56 bits per heavy atom. The molecule has 7 heterocycles. The lowest BCUT2D eigenvalue weighted by Gasteiger charge is -2.69. The predicted molar refractivity (Wildman–Crippen MR) is 380 cm³/mol. The third kappa shape index (κ3) is 18.2. The number of quaternary nitrogens is 1. The maximum atomic E-state index is 14.1. The second-order valence-corrected chi connectivity index (χ2v) is 30.8. The number of thiazole rings is 1. The maximum Gasteiger partial charge on any atom is 0.490 e. The number of fused-ring (bicyclic) bond motifs is 2. The van der Waals surface area contributed by atoms with Gasteiger partial charge in [0.05, 0.1) is 73.3 Å². The van der Waals surface area contributed by atoms with Crippen LogP contribution in [0.25, 0.3) is 21.3 Å². The number of carbonyl (C=O) groups is 8. The minimum atomic E-state index is -5.08. The third-order valence-electron chi connectivity index (χ3n) is 20.9. The van der Waals surface area contributed by atoms with Crippen LogP contribution in [0.4, 0.5) is 46.2 Å². The van der Waals surface area contributed by atoms with Crippen LogP contribution >= 0.6 is 11.3 Å². The predicted octanol–water partition coefficient (Wildman–Crippen LogP) is 7.31. The number of anilines is 5. The standard InChI is InChI=1S/C71H89N15O11S.C2HF3O2/c1-44(2)59(79-56(87)23-30-95-31-26-84-57(88)21-22-58(84)89)64(91)76-53(13-9-24-73-66(72)94)63(90)75-48-17-15-47(16-18-48)36-86(27-32-96-33-28-86)29-34-97-71-40-68(5)37-69(6,41-71)39-70(38-68,42-71)43-85-46(4)51(35-74-85)50-19-20-55(78-60(50)65(92)93)83-25-10-11-49-45(3)61(81-82-62(49)83)80-67-77-52-12-7-8-14-54(52)98-67;3-2(4,5)1(6)7/h7-8,12,14-22,35,44,53,59H,9-11,13,23-34,36-43H2,1-6H3,(H7-,72,73,75,76,77,79,80,81,87,90,91,92,93,94);(H,6,7)/t53-,59-,68+,69?,70?,71?;/m0./s1. The van der Waals surface area contributed by atoms with Crippen molar-refractivity contribution in [1.29, 1.82) is 0 Å². The van der Waals surface area contributed by atoms with E-state index in [-0.39, 0.29) is 72.6 Å². The Hall–Kier alpha value is -9.50. The zero-order valence-corrected chi connectivity index (χ0v) is 60.5. The van der Waals surface area contributed by atoms with Gasteiger partial charge in [-0.2, -0.15) is 18.3 Å². The Balaban J connectivity index is 0.00000150. The molecule has 8 N–H and O–H groups in total. The maximum absolute atomic E-state index is 14.1. The zero-order valence-electron chi connectivity index (χ0n) is 59.7. The molecule has 4 saturated carbocycles. The monoisotopic (exact) mass is 1470 g/mol. The number of morpholine rings is 1. The number of para-hydroxylation sites is 1. The van der Waals surface area contributed by atoms with Crippen LogP contribution in [-0.2, 0) is 62.5 Å². The molecule has 4 bridgehead atoms. The van der Waals surface area contributed by atoms with Crippen LogP contribution in [0.15, 0.2) is 79.0 Å². The molecular weight excluding hydrogens is 1380 g/mol. The van der Waals surface area contributed by atoms with Crippen molar-refractivity contribution in [2.75, 3.05) is 87.8 Å². The Morgan fingerprint density at radius 1 is 0.857 bits per heavy atom. The fourth-order valence-corrected chi connectivity index (χ4v) is 18.0. The number of benzene rings is 2. The number of pyridine rings is 1. The van der Waals surface area contributed by atoms with Gasteiger partial charge in [0.1, 0.15) is 44.1 Å². The van der Waals surface area contributed by atoms with Gasteiger partial charge in [0.15, 0.2) is 16.8 Å². The molecule has 562 valence electrons. The number of rotatable bonds is 29. The van der Waals surface area contributed by atoms with Gasteiger partial charge in [-0.15, -0.1) is 10.2 Å². The Bertz CT molecular complexity index is 4220. The van der Waals surface area contributed by atoms with Crippen molar-refractivity contribution < 1.29 is 80.4 Å². The number of nitrogens with one attached hydrogen (secondary N) is 5. The van der Waals surface area contributed by atoms with Gasteiger partial charge in [-0.25, -0.2) is 19.6 Å². The molecule has 4 aromatic heterocycles. The first-order valence-electron chi connectivity index (χ1n) is 35.4. The van der Waals surface area contributed by atoms with Crippen LogP contribution < -0.4 is 42.3 Å². The zero-order chi connectivity index (χ0) is 75.2. The van der Waals surface area contributed by atoms with E-state index in [4.69, 9.17) is 44.9 Å². The van der Waals surface area contributed by atoms with Crippen molar-refractivity contribution in [2.24, 2.45) is 27.9 Å². The lowest BCUT2D eigenvalue weighted by Crippen LogP contribution is -2.65. The molecule has 3 aliphatic heterocycles. The molecule has 0 spiro atoms. The first-order valence-corrected chi connectivity index (χ1v) is 36.2. The number of carboxylic acids is 2. The SMILES string of the molecule is Cc1c(Nc2nc3ccccc3s2)nnc2c1CCCN2c1ccc(-c2cnn(CC34CC5(C)CC(OCC[N+]6(Cc7ccc(NC(=O)[C@H](CCCNC(N)=O)NC(=O)[C@@H](NC(=O)CCOCCN8C(=O)C=CC8=O)C(C)C)cc7)CCOCC6)(C3)C[C@](C)(C5)C4)c2C)c(C(=O)[O-])n1.O=C(O)C(F)(F)F. The number of ether oxygens (including phenoxy) is 3. The van der Waals surface area contributed by atoms with E-state index in [1.54, 1.807) is 31.4 Å². The van der Waals surface area contributed by atoms with Crippen molar-refractivity contribution >= 4 is 97.3 Å². The number of urea groups is 1. The number of aromatic nitrogens is 6. The quantitative estimate of drug-likeness (QED) is 0.0137. The van der Waals surface area contributed by atoms with Crippen LogP contribution in [0.3, 0.4) is 0 Å². The van der Waals surface area contributed by atoms with Crippen LogP contribution in [-0.4, -0.2) is 188 Å². The summed E-state index contributed by atoms with van der Waals surface area (Å²) in [7, 11) is 0. The summed E-state index contributed by atoms with van der Waals surface area (Å²) in [5, 5.41) is 49.8. The van der Waals surface area contributed by atoms with Gasteiger partial charge < -0.3 is 70.9 Å². The molecule has 1 saturated heterocycles. The van der Waals surface area contributed by atoms with Gasteiger partial charge in [0, 0.05) is 77.4 Å². The summed E-state index contributed by atoms with van der Waals surface area (Å²) in [4.78, 5) is 111. The van der Waals surface area contributed by atoms with Gasteiger partial charge in [-0.05, 0) is 137 Å². The smallest absolute Gasteiger partial charge is 0.490 e. The molecule has 6 aromatic rings. The molecule has 7 aliphatic rings. The number of alkyl halides is 3. The van der Waals surface area contributed by atoms with Gasteiger partial charge in [-0.1, -0.05) is 63.3 Å². The van der Waals surface area contributed by atoms with E-state index in [1.165, 1.54) is 12.2 Å². The molecule has 0 radical (unpaired) electrons. The second-order valence-electron chi connectivity index (χ2n) is 29.8. The topological polar surface area (TPSA) is 370 Å². The van der Waals surface area contributed by atoms with E-state index in [9.17, 15) is 51.8 Å². The second kappa shape index (κ2) is 31.7. The number of primary amides is 1. The number of aliphatic carboxylic acids is 1. The van der Waals surface area contributed by atoms with Crippen molar-refractivity contribution in [2.45, 2.75) is 149 Å². The average Bonchev–Trinajstić information content (AvgIpc) is 0.828. The molecule has 3 unspecified atom stereocenters. The largest absolute Gasteiger partial charge is 0.543 e. The van der Waals surface area contributed by atoms with Gasteiger partial charge in [-0.3, -0.25) is 33.6 Å². The number of carboxylic acid groups (broad SMARTS) is 2. The molecule has 7 amide bonds. The molecular formula is C73H90F3N15O13S. The van der Waals surface area contributed by atoms with E-state index in [2.05, 4.69) is 55.3 Å². The van der Waals surface area contributed by atoms with Crippen LogP contribution in [0.5, 0.6) is 0 Å². The summed E-state index contributed by atoms with van der Waals surface area (Å²) in [6.07, 6.45) is 7.10. The number of carbonyl (C=O) groups excluding carboxylic acids is 7. The number of hydrogen-bond acceptors (Lipinski definition) is 20. The van der Waals surface area contributed by atoms with Crippen LogP contribution in [0.2, 0.25) is 0 Å². The van der Waals surface area contributed by atoms with Crippen molar-refractivity contribution in [3.8, 4) is 11.1 Å². The highest BCUT2D eigenvalue weighted by Gasteiger charge is 2.66. The van der Waals surface area contributed by atoms with Crippen LogP contribution in [0, 0.1) is 36.0 Å². The molecule has 4 aliphatic carbocycles. The number of nitrogens with two attached hydrogens (primary N) is 1. The summed E-state index contributed by atoms with van der Waals surface area (Å²) in [6, 6.07) is 16.6. The minimum absolute atomic E-state index is 0.0135. The lowest BCUT2D eigenvalue weighted by molar-refractivity contribution is -0.948. The molecule has 28 nitrogen and oxygen atoms in total. The highest BCUT2D eigenvalue weighted by atomic mass is 32.1. The summed E-state index contributed by atoms with van der Waals surface area (Å²) >= 11 is 1.55. The molecule has 105 heavy (non-hydrogen) atoms. The van der Waals surface area contributed by atoms with E-state index in [1.807, 2.05) is 79.4 Å². The van der Waals surface area contributed by atoms with Crippen molar-refractivity contribution in [3.63, 3.8) is 0 Å². The first-order chi connectivity index (χ1) is 49.8. The summed E-state index contributed by atoms with van der Waals surface area (Å²) in [5.74, 6) is -5.12. The minimum Gasteiger partial charge on any atom is -0.543 e. The Morgan fingerprint density at radius 3 is 2.23 bits per heavy atom. The Kier molecular flexibility index (Phi) is 23.1. The summed E-state index contributed by atoms with van der Waals surface area (Å²) in [6.45, 7) is 18.9. The number of aromatic carboxylic acids is 1. The number of amides is 7. The van der Waals surface area contributed by atoms with Crippen molar-refractivity contribution in [3.05, 3.63) is 107 Å². The Labute approximate surface area is 609 Å². The van der Waals surface area contributed by atoms with E-state index >= 15 is 0 Å². The summed E-state index contributed by atoms with van der Waals surface area (Å²) in [5.41, 5.74) is 11.3. The summed E-state index contributed by atoms with van der Waals surface area (Å²) < 4.78 is 54.5. The number of hydrogen-bond donors (Lipinski definition) is 7. The van der Waals surface area contributed by atoms with Gasteiger partial charge in [0.2, 0.25) is 17.7 Å². The van der Waals surface area contributed by atoms with Gasteiger partial charge in [0.25, 0.3) is 11.8 Å². The molecule has 2 aromatic carbocycles. The molecule has 32 heteroatoms. The third-order valence-corrected chi connectivity index (χ3v) is 21.8. The highest BCUT2D eigenvalue weighted by Crippen LogP contribution is 2.72. The lowest BCUT2D eigenvalue weighted by atomic mass is 9.39. The molecule has 5 fully saturated rings. The molecule has 6 atom stereocenters. The van der Waals surface area contributed by atoms with E-state index in [0.717, 1.165) is 125 Å². The van der Waals surface area contributed by atoms with Crippen LogP contribution in [0.1, 0.15) is 125 Å². The normalized spacial score (nSPS) is 22.1. The number of imide groups is 1. The fourth-order valence-electron chi connectivity index (χ4n) is 17.1. The fraction of sp³-hybridized carbons (Fsp3) is 0.521. The number of halogens is 3. The van der Waals surface area contributed by atoms with Crippen molar-refractivity contribution in [1.82, 2.24) is 50.8 Å². The molecule has 13 rings (SSSR count).